The van der Waals surface area contributed by atoms with E-state index in [1.807, 2.05) is 4.90 Å². The smallest absolute Gasteiger partial charge is 0.317 e. The zero-order valence-electron chi connectivity index (χ0n) is 13.2. The summed E-state index contributed by atoms with van der Waals surface area (Å²) in [5, 5.41) is 2.95. The first-order chi connectivity index (χ1) is 10.5. The minimum Gasteiger partial charge on any atom is -0.376 e. The molecular weight excluding hydrogens is 306 g/mol. The number of nitrogens with zero attached hydrogens (tertiary/aromatic N) is 1. The summed E-state index contributed by atoms with van der Waals surface area (Å²) in [5.41, 5.74) is 0. The predicted molar refractivity (Wildman–Crippen MR) is 84.2 cm³/mol. The molecule has 2 rings (SSSR count). The standard InChI is InChI=1S/C14H27N3O4S/c1-22(19,20)16-8-7-12-5-2-3-9-17(12)14(18)15-11-13-6-4-10-21-13/h12-13,16H,2-11H2,1H3,(H,15,18)/t12-,13-/m1/s1. The average Bonchev–Trinajstić information content (AvgIpc) is 2.97. The van der Waals surface area contributed by atoms with Gasteiger partial charge < -0.3 is 15.0 Å². The molecule has 0 bridgehead atoms. The minimum absolute atomic E-state index is 0.0560. The highest BCUT2D eigenvalue weighted by Gasteiger charge is 2.27. The van der Waals surface area contributed by atoms with Crippen LogP contribution in [0.25, 0.3) is 0 Å². The highest BCUT2D eigenvalue weighted by molar-refractivity contribution is 7.88. The maximum Gasteiger partial charge on any atom is 0.317 e. The molecular formula is C14H27N3O4S. The largest absolute Gasteiger partial charge is 0.376 e. The van der Waals surface area contributed by atoms with Gasteiger partial charge in [0.25, 0.3) is 0 Å². The van der Waals surface area contributed by atoms with Gasteiger partial charge in [0.2, 0.25) is 10.0 Å². The molecule has 2 aliphatic rings. The van der Waals surface area contributed by atoms with E-state index in [-0.39, 0.29) is 18.2 Å². The van der Waals surface area contributed by atoms with E-state index < -0.39 is 10.0 Å². The van der Waals surface area contributed by atoms with Crippen LogP contribution in [-0.2, 0) is 14.8 Å². The fraction of sp³-hybridized carbons (Fsp3) is 0.929. The monoisotopic (exact) mass is 333 g/mol. The molecule has 2 N–H and O–H groups in total. The van der Waals surface area contributed by atoms with Crippen molar-refractivity contribution in [2.45, 2.75) is 50.7 Å². The van der Waals surface area contributed by atoms with Crippen LogP contribution in [0, 0.1) is 0 Å². The summed E-state index contributed by atoms with van der Waals surface area (Å²) < 4.78 is 30.2. The third-order valence-electron chi connectivity index (χ3n) is 4.23. The number of amides is 2. The molecule has 2 fully saturated rings. The molecule has 2 aliphatic heterocycles. The van der Waals surface area contributed by atoms with E-state index in [9.17, 15) is 13.2 Å². The summed E-state index contributed by atoms with van der Waals surface area (Å²) in [6, 6.07) is 0.0482. The summed E-state index contributed by atoms with van der Waals surface area (Å²) >= 11 is 0. The van der Waals surface area contributed by atoms with E-state index in [1.165, 1.54) is 0 Å². The summed E-state index contributed by atoms with van der Waals surface area (Å²) in [5.74, 6) is 0. The molecule has 128 valence electrons. The number of carbonyl (C=O) groups is 1. The van der Waals surface area contributed by atoms with Crippen LogP contribution in [0.4, 0.5) is 4.79 Å². The fourth-order valence-corrected chi connectivity index (χ4v) is 3.58. The third kappa shape index (κ3) is 5.73. The molecule has 2 saturated heterocycles. The van der Waals surface area contributed by atoms with Gasteiger partial charge in [0.15, 0.2) is 0 Å². The molecule has 0 saturated carbocycles. The van der Waals surface area contributed by atoms with E-state index >= 15 is 0 Å². The Morgan fingerprint density at radius 3 is 2.77 bits per heavy atom. The number of likely N-dealkylation sites (tertiary alicyclic amines) is 1. The first kappa shape index (κ1) is 17.5. The molecule has 0 aliphatic carbocycles. The van der Waals surface area contributed by atoms with E-state index in [2.05, 4.69) is 10.0 Å². The Hall–Kier alpha value is -0.860. The summed E-state index contributed by atoms with van der Waals surface area (Å²) in [7, 11) is -3.17. The second kappa shape index (κ2) is 8.12. The first-order valence-corrected chi connectivity index (χ1v) is 9.95. The molecule has 0 aromatic rings. The summed E-state index contributed by atoms with van der Waals surface area (Å²) in [6.07, 6.45) is 7.02. The van der Waals surface area contributed by atoms with Crippen molar-refractivity contribution in [2.75, 3.05) is 32.5 Å². The third-order valence-corrected chi connectivity index (χ3v) is 4.96. The highest BCUT2D eigenvalue weighted by atomic mass is 32.2. The van der Waals surface area contributed by atoms with E-state index in [1.54, 1.807) is 0 Å². The van der Waals surface area contributed by atoms with Crippen molar-refractivity contribution in [3.63, 3.8) is 0 Å². The van der Waals surface area contributed by atoms with Crippen LogP contribution >= 0.6 is 0 Å². The first-order valence-electron chi connectivity index (χ1n) is 8.06. The Morgan fingerprint density at radius 1 is 1.27 bits per heavy atom. The summed E-state index contributed by atoms with van der Waals surface area (Å²) in [4.78, 5) is 14.2. The molecule has 0 aromatic heterocycles. The number of rotatable bonds is 6. The number of piperidine rings is 1. The lowest BCUT2D eigenvalue weighted by molar-refractivity contribution is 0.104. The van der Waals surface area contributed by atoms with Crippen molar-refractivity contribution in [3.05, 3.63) is 0 Å². The fourth-order valence-electron chi connectivity index (χ4n) is 3.09. The molecule has 0 aromatic carbocycles. The van der Waals surface area contributed by atoms with Gasteiger partial charge in [0, 0.05) is 32.3 Å². The number of carbonyl (C=O) groups excluding carboxylic acids is 1. The van der Waals surface area contributed by atoms with E-state index in [4.69, 9.17) is 4.74 Å². The van der Waals surface area contributed by atoms with Gasteiger partial charge in [0.05, 0.1) is 12.4 Å². The normalized spacial score (nSPS) is 26.1. The second-order valence-electron chi connectivity index (χ2n) is 6.12. The van der Waals surface area contributed by atoms with Crippen LogP contribution in [0.2, 0.25) is 0 Å². The van der Waals surface area contributed by atoms with Crippen molar-refractivity contribution in [3.8, 4) is 0 Å². The maximum atomic E-state index is 12.3. The molecule has 0 spiro atoms. The van der Waals surface area contributed by atoms with Gasteiger partial charge in [-0.3, -0.25) is 0 Å². The van der Waals surface area contributed by atoms with Gasteiger partial charge in [-0.2, -0.15) is 0 Å². The van der Waals surface area contributed by atoms with Crippen LogP contribution < -0.4 is 10.0 Å². The maximum absolute atomic E-state index is 12.3. The van der Waals surface area contributed by atoms with E-state index in [0.29, 0.717) is 19.5 Å². The Balaban J connectivity index is 1.78. The number of ether oxygens (including phenoxy) is 1. The van der Waals surface area contributed by atoms with Crippen LogP contribution in [0.5, 0.6) is 0 Å². The quantitative estimate of drug-likeness (QED) is 0.748. The lowest BCUT2D eigenvalue weighted by atomic mass is 10.00. The number of urea groups is 1. The Morgan fingerprint density at radius 2 is 2.09 bits per heavy atom. The summed E-state index contributed by atoms with van der Waals surface area (Å²) in [6.45, 7) is 2.45. The number of hydrogen-bond donors (Lipinski definition) is 2. The van der Waals surface area contributed by atoms with Gasteiger partial charge >= 0.3 is 6.03 Å². The minimum atomic E-state index is -3.17. The molecule has 8 heteroatoms. The molecule has 22 heavy (non-hydrogen) atoms. The predicted octanol–water partition coefficient (Wildman–Crippen LogP) is 0.669. The molecule has 0 radical (unpaired) electrons. The van der Waals surface area contributed by atoms with Gasteiger partial charge in [-0.1, -0.05) is 0 Å². The Labute approximate surface area is 132 Å². The zero-order chi connectivity index (χ0) is 16.0. The Bertz CT molecular complexity index is 463. The zero-order valence-corrected chi connectivity index (χ0v) is 14.0. The van der Waals surface area contributed by atoms with E-state index in [0.717, 1.165) is 51.5 Å². The SMILES string of the molecule is CS(=O)(=O)NCC[C@H]1CCCCN1C(=O)NC[C@H]1CCCO1. The van der Waals surface area contributed by atoms with Gasteiger partial charge in [-0.05, 0) is 38.5 Å². The molecule has 2 amide bonds. The van der Waals surface area contributed by atoms with Gasteiger partial charge in [-0.25, -0.2) is 17.9 Å². The molecule has 0 unspecified atom stereocenters. The lowest BCUT2D eigenvalue weighted by Crippen LogP contribution is -2.50. The lowest BCUT2D eigenvalue weighted by Gasteiger charge is -2.36. The second-order valence-corrected chi connectivity index (χ2v) is 7.95. The molecule has 2 atom stereocenters. The van der Waals surface area contributed by atoms with Crippen LogP contribution in [-0.4, -0.2) is 64.0 Å². The van der Waals surface area contributed by atoms with Crippen LogP contribution in [0.1, 0.15) is 38.5 Å². The van der Waals surface area contributed by atoms with Crippen LogP contribution in [0.3, 0.4) is 0 Å². The van der Waals surface area contributed by atoms with Gasteiger partial charge in [0.1, 0.15) is 0 Å². The highest BCUT2D eigenvalue weighted by Crippen LogP contribution is 2.19. The number of nitrogens with one attached hydrogen (secondary N) is 2. The topological polar surface area (TPSA) is 87.7 Å². The average molecular weight is 333 g/mol. The van der Waals surface area contributed by atoms with Gasteiger partial charge in [-0.15, -0.1) is 0 Å². The molecule has 7 nitrogen and oxygen atoms in total. The number of hydrogen-bond acceptors (Lipinski definition) is 4. The van der Waals surface area contributed by atoms with Crippen molar-refractivity contribution < 1.29 is 17.9 Å². The van der Waals surface area contributed by atoms with Crippen molar-refractivity contribution in [2.24, 2.45) is 0 Å². The number of sulfonamides is 1. The molecule has 2 heterocycles. The Kier molecular flexibility index (Phi) is 6.46. The van der Waals surface area contributed by atoms with Crippen molar-refractivity contribution >= 4 is 16.1 Å². The van der Waals surface area contributed by atoms with Crippen LogP contribution in [0.15, 0.2) is 0 Å². The van der Waals surface area contributed by atoms with Crippen molar-refractivity contribution in [1.29, 1.82) is 0 Å². The van der Waals surface area contributed by atoms with Crippen molar-refractivity contribution in [1.82, 2.24) is 14.9 Å².